The summed E-state index contributed by atoms with van der Waals surface area (Å²) < 4.78 is 12.7. The number of rotatable bonds is 5. The highest BCUT2D eigenvalue weighted by Gasteiger charge is 2.25. The molecular formula is C26H22N6O2. The van der Waals surface area contributed by atoms with Crippen molar-refractivity contribution in [2.45, 2.75) is 19.4 Å². The number of hydrogen-bond donors (Lipinski definition) is 0. The molecule has 0 unspecified atom stereocenters. The predicted octanol–water partition coefficient (Wildman–Crippen LogP) is 5.18. The molecule has 2 aromatic carbocycles. The van der Waals surface area contributed by atoms with Crippen LogP contribution >= 0.6 is 0 Å². The van der Waals surface area contributed by atoms with E-state index >= 15 is 0 Å². The molecular weight excluding hydrogens is 428 g/mol. The van der Waals surface area contributed by atoms with Gasteiger partial charge in [-0.15, -0.1) is 10.2 Å². The molecule has 0 aliphatic carbocycles. The molecule has 8 heteroatoms. The molecule has 3 aromatic heterocycles. The molecule has 0 aliphatic rings. The Hall–Kier alpha value is -4.51. The van der Waals surface area contributed by atoms with Crippen molar-refractivity contribution >= 4 is 16.7 Å². The molecule has 8 nitrogen and oxygen atoms in total. The quantitative estimate of drug-likeness (QED) is 0.344. The second-order valence-corrected chi connectivity index (χ2v) is 8.36. The number of benzene rings is 2. The lowest BCUT2D eigenvalue weighted by Gasteiger charge is -2.12. The van der Waals surface area contributed by atoms with Crippen molar-refractivity contribution in [3.8, 4) is 34.1 Å². The Kier molecular flexibility index (Phi) is 5.10. The van der Waals surface area contributed by atoms with Gasteiger partial charge in [-0.25, -0.2) is 11.6 Å². The summed E-state index contributed by atoms with van der Waals surface area (Å²) >= 11 is 0. The maximum atomic E-state index is 7.45. The van der Waals surface area contributed by atoms with E-state index in [1.165, 1.54) is 0 Å². The number of pyridine rings is 1. The third-order valence-corrected chi connectivity index (χ3v) is 5.92. The van der Waals surface area contributed by atoms with Gasteiger partial charge in [-0.3, -0.25) is 9.38 Å². The fourth-order valence-corrected chi connectivity index (χ4v) is 3.90. The minimum absolute atomic E-state index is 0.432. The van der Waals surface area contributed by atoms with Crippen LogP contribution in [0.1, 0.15) is 19.4 Å². The van der Waals surface area contributed by atoms with Gasteiger partial charge in [0.2, 0.25) is 0 Å². The average molecular weight is 451 g/mol. The lowest BCUT2D eigenvalue weighted by molar-refractivity contribution is 0.343. The summed E-state index contributed by atoms with van der Waals surface area (Å²) in [5, 5.41) is 8.78. The van der Waals surface area contributed by atoms with E-state index in [2.05, 4.69) is 25.0 Å². The minimum Gasteiger partial charge on any atom is -0.491 e. The van der Waals surface area contributed by atoms with Gasteiger partial charge in [-0.2, -0.15) is 0 Å². The molecule has 0 fully saturated rings. The summed E-state index contributed by atoms with van der Waals surface area (Å²) in [7, 11) is 3.15. The maximum Gasteiger partial charge on any atom is 0.256 e. The number of nitrogens with zero attached hydrogens (tertiary/aromatic N) is 6. The van der Waals surface area contributed by atoms with Crippen molar-refractivity contribution in [3.63, 3.8) is 0 Å². The van der Waals surface area contributed by atoms with Crippen LogP contribution < -0.4 is 9.47 Å². The number of hydrogen-bond acceptors (Lipinski definition) is 6. The first-order valence-corrected chi connectivity index (χ1v) is 10.7. The van der Waals surface area contributed by atoms with Crippen LogP contribution in [0.2, 0.25) is 0 Å². The van der Waals surface area contributed by atoms with E-state index in [1.54, 1.807) is 26.6 Å². The third kappa shape index (κ3) is 3.48. The fraction of sp³-hybridized carbons (Fsp3) is 0.192. The molecule has 0 aliphatic heterocycles. The smallest absolute Gasteiger partial charge is 0.256 e. The van der Waals surface area contributed by atoms with E-state index in [-0.39, 0.29) is 0 Å². The minimum atomic E-state index is -0.579. The van der Waals surface area contributed by atoms with Crippen LogP contribution in [0.15, 0.2) is 60.9 Å². The topological polar surface area (TPSA) is 78.8 Å². The molecule has 0 bridgehead atoms. The molecule has 3 heterocycles. The molecule has 0 N–H and O–H groups in total. The van der Waals surface area contributed by atoms with Crippen molar-refractivity contribution in [2.24, 2.45) is 0 Å². The van der Waals surface area contributed by atoms with Crippen molar-refractivity contribution in [2.75, 3.05) is 14.2 Å². The van der Waals surface area contributed by atoms with Crippen molar-refractivity contribution in [1.29, 1.82) is 0 Å². The standard InChI is InChI=1S/C26H22N6O2/c1-26(2,27-3)19-9-6-16(7-10-19)24-31-30-23-15-28-20-11-8-17(12-21(20)32(23)24)18-13-22(33-4)25(34-5)29-14-18/h6-15H,1-2,4-5H3. The molecule has 5 rings (SSSR count). The highest BCUT2D eigenvalue weighted by molar-refractivity contribution is 5.85. The van der Waals surface area contributed by atoms with Gasteiger partial charge in [0.05, 0.1) is 31.4 Å². The Morgan fingerprint density at radius 3 is 2.32 bits per heavy atom. The molecule has 0 radical (unpaired) electrons. The largest absolute Gasteiger partial charge is 0.491 e. The van der Waals surface area contributed by atoms with Gasteiger partial charge in [0.25, 0.3) is 11.4 Å². The van der Waals surface area contributed by atoms with Crippen LogP contribution in [0, 0.1) is 6.57 Å². The molecule has 34 heavy (non-hydrogen) atoms. The Morgan fingerprint density at radius 1 is 0.853 bits per heavy atom. The second-order valence-electron chi connectivity index (χ2n) is 8.36. The normalized spacial score (nSPS) is 11.5. The molecule has 0 amide bonds. The molecule has 0 saturated heterocycles. The zero-order valence-corrected chi connectivity index (χ0v) is 19.3. The van der Waals surface area contributed by atoms with Crippen LogP contribution in [0.5, 0.6) is 11.6 Å². The maximum absolute atomic E-state index is 7.45. The lowest BCUT2D eigenvalue weighted by Crippen LogP contribution is -2.10. The predicted molar refractivity (Wildman–Crippen MR) is 130 cm³/mol. The van der Waals surface area contributed by atoms with Gasteiger partial charge in [0.15, 0.2) is 17.2 Å². The highest BCUT2D eigenvalue weighted by Crippen LogP contribution is 2.32. The summed E-state index contributed by atoms with van der Waals surface area (Å²) in [4.78, 5) is 12.6. The van der Waals surface area contributed by atoms with Crippen LogP contribution in [0.4, 0.5) is 0 Å². The van der Waals surface area contributed by atoms with Gasteiger partial charge in [0, 0.05) is 36.7 Å². The first-order chi connectivity index (χ1) is 16.4. The van der Waals surface area contributed by atoms with E-state index in [1.807, 2.05) is 66.8 Å². The Bertz CT molecular complexity index is 1560. The van der Waals surface area contributed by atoms with Crippen LogP contribution in [0.3, 0.4) is 0 Å². The lowest BCUT2D eigenvalue weighted by atomic mass is 9.94. The number of aromatic nitrogens is 5. The SMILES string of the molecule is [C-]#[N+]C(C)(C)c1ccc(-c2nnc3cnc4ccc(-c5cnc(OC)c(OC)c5)cc4n23)cc1. The fourth-order valence-electron chi connectivity index (χ4n) is 3.90. The van der Waals surface area contributed by atoms with E-state index in [9.17, 15) is 0 Å². The van der Waals surface area contributed by atoms with E-state index in [0.717, 1.165) is 33.3 Å². The molecule has 0 atom stereocenters. The zero-order chi connectivity index (χ0) is 23.9. The van der Waals surface area contributed by atoms with Crippen molar-refractivity contribution in [1.82, 2.24) is 24.6 Å². The molecule has 5 aromatic rings. The first kappa shape index (κ1) is 21.3. The Labute approximate surface area is 196 Å². The first-order valence-electron chi connectivity index (χ1n) is 10.7. The number of fused-ring (bicyclic) bond motifs is 3. The summed E-state index contributed by atoms with van der Waals surface area (Å²) in [6, 6.07) is 15.8. The summed E-state index contributed by atoms with van der Waals surface area (Å²) in [6.07, 6.45) is 3.47. The Balaban J connectivity index is 1.66. The van der Waals surface area contributed by atoms with Crippen LogP contribution in [-0.2, 0) is 5.54 Å². The second kappa shape index (κ2) is 8.12. The monoisotopic (exact) mass is 450 g/mol. The number of ether oxygens (including phenoxy) is 2. The van der Waals surface area contributed by atoms with Gasteiger partial charge in [-0.1, -0.05) is 30.3 Å². The van der Waals surface area contributed by atoms with Gasteiger partial charge >= 0.3 is 0 Å². The van der Waals surface area contributed by atoms with Crippen molar-refractivity contribution < 1.29 is 9.47 Å². The number of methoxy groups -OCH3 is 2. The summed E-state index contributed by atoms with van der Waals surface area (Å²) in [5.41, 5.74) is 5.45. The van der Waals surface area contributed by atoms with E-state index < -0.39 is 5.54 Å². The third-order valence-electron chi connectivity index (χ3n) is 5.92. The van der Waals surface area contributed by atoms with Crippen LogP contribution in [-0.4, -0.2) is 38.8 Å². The Morgan fingerprint density at radius 2 is 1.62 bits per heavy atom. The van der Waals surface area contributed by atoms with Gasteiger partial charge < -0.3 is 14.3 Å². The molecule has 168 valence electrons. The summed E-state index contributed by atoms with van der Waals surface area (Å²) in [6.45, 7) is 11.3. The summed E-state index contributed by atoms with van der Waals surface area (Å²) in [5.74, 6) is 1.70. The van der Waals surface area contributed by atoms with Crippen LogP contribution in [0.25, 0.3) is 44.0 Å². The highest BCUT2D eigenvalue weighted by atomic mass is 16.5. The van der Waals surface area contributed by atoms with Crippen molar-refractivity contribution in [3.05, 3.63) is 77.9 Å². The van der Waals surface area contributed by atoms with Gasteiger partial charge in [-0.05, 0) is 23.8 Å². The van der Waals surface area contributed by atoms with E-state index in [4.69, 9.17) is 16.0 Å². The molecule has 0 saturated carbocycles. The average Bonchev–Trinajstić information content (AvgIpc) is 3.33. The molecule has 0 spiro atoms. The van der Waals surface area contributed by atoms with Gasteiger partial charge in [0.1, 0.15) is 0 Å². The van der Waals surface area contributed by atoms with E-state index in [0.29, 0.717) is 23.1 Å². The zero-order valence-electron chi connectivity index (χ0n) is 19.3.